The summed E-state index contributed by atoms with van der Waals surface area (Å²) < 4.78 is 5.40. The molecule has 1 N–H and O–H groups in total. The predicted octanol–water partition coefficient (Wildman–Crippen LogP) is 2.46. The lowest BCUT2D eigenvalue weighted by atomic mass is 10.1. The highest BCUT2D eigenvalue weighted by atomic mass is 35.5. The number of anilines is 1. The van der Waals surface area contributed by atoms with Crippen LogP contribution in [0.2, 0.25) is 5.28 Å². The van der Waals surface area contributed by atoms with Crippen molar-refractivity contribution < 1.29 is 4.74 Å². The van der Waals surface area contributed by atoms with Gasteiger partial charge in [0.1, 0.15) is 0 Å². The minimum Gasteiger partial charge on any atom is -0.463 e. The summed E-state index contributed by atoms with van der Waals surface area (Å²) in [7, 11) is 0. The van der Waals surface area contributed by atoms with Crippen LogP contribution in [-0.4, -0.2) is 52.1 Å². The first-order valence-electron chi connectivity index (χ1n) is 7.60. The zero-order valence-electron chi connectivity index (χ0n) is 13.0. The fraction of sp³-hybridized carbons (Fsp3) is 0.786. The van der Waals surface area contributed by atoms with Gasteiger partial charge in [-0.3, -0.25) is 0 Å². The average molecular weight is 314 g/mol. The Bertz CT molecular complexity index is 457. The third-order valence-electron chi connectivity index (χ3n) is 3.62. The Labute approximate surface area is 131 Å². The number of hydrogen-bond acceptors (Lipinski definition) is 6. The van der Waals surface area contributed by atoms with Gasteiger partial charge in [-0.25, -0.2) is 0 Å². The number of nitrogens with zero attached hydrogens (tertiary/aromatic N) is 4. The molecule has 118 valence electrons. The second-order valence-electron chi connectivity index (χ2n) is 5.68. The van der Waals surface area contributed by atoms with Crippen LogP contribution < -0.4 is 10.1 Å². The third kappa shape index (κ3) is 4.97. The second-order valence-corrected chi connectivity index (χ2v) is 6.02. The second kappa shape index (κ2) is 7.75. The van der Waals surface area contributed by atoms with Crippen LogP contribution in [0, 0.1) is 5.92 Å². The lowest BCUT2D eigenvalue weighted by Gasteiger charge is -2.20. The van der Waals surface area contributed by atoms with Crippen molar-refractivity contribution in [3.63, 3.8) is 0 Å². The first kappa shape index (κ1) is 16.2. The minimum atomic E-state index is 0.161. The van der Waals surface area contributed by atoms with Crippen molar-refractivity contribution in [2.24, 2.45) is 5.92 Å². The first-order valence-corrected chi connectivity index (χ1v) is 7.98. The number of rotatable bonds is 7. The molecular formula is C14H24ClN5O. The zero-order chi connectivity index (χ0) is 15.2. The molecule has 1 aromatic rings. The van der Waals surface area contributed by atoms with Gasteiger partial charge in [-0.15, -0.1) is 0 Å². The molecule has 1 saturated heterocycles. The SMILES string of the molecule is CCCOc1nc(Cl)nc(NCC2CCN(C(C)C)C2)n1. The van der Waals surface area contributed by atoms with Crippen LogP contribution >= 0.6 is 11.6 Å². The van der Waals surface area contributed by atoms with Crippen LogP contribution in [0.5, 0.6) is 6.01 Å². The van der Waals surface area contributed by atoms with Gasteiger partial charge in [-0.05, 0) is 50.8 Å². The zero-order valence-corrected chi connectivity index (χ0v) is 13.7. The van der Waals surface area contributed by atoms with E-state index < -0.39 is 0 Å². The molecule has 0 amide bonds. The topological polar surface area (TPSA) is 63.2 Å². The summed E-state index contributed by atoms with van der Waals surface area (Å²) in [6, 6.07) is 0.894. The van der Waals surface area contributed by atoms with E-state index >= 15 is 0 Å². The summed E-state index contributed by atoms with van der Waals surface area (Å²) in [4.78, 5) is 14.8. The van der Waals surface area contributed by atoms with Gasteiger partial charge >= 0.3 is 6.01 Å². The lowest BCUT2D eigenvalue weighted by Crippen LogP contribution is -2.29. The molecule has 21 heavy (non-hydrogen) atoms. The number of halogens is 1. The average Bonchev–Trinajstić information content (AvgIpc) is 2.91. The maximum absolute atomic E-state index is 5.90. The van der Waals surface area contributed by atoms with E-state index in [-0.39, 0.29) is 11.3 Å². The Balaban J connectivity index is 1.87. The predicted molar refractivity (Wildman–Crippen MR) is 83.9 cm³/mol. The Morgan fingerprint density at radius 2 is 2.19 bits per heavy atom. The van der Waals surface area contributed by atoms with Crippen LogP contribution in [-0.2, 0) is 0 Å². The molecular weight excluding hydrogens is 290 g/mol. The standard InChI is InChI=1S/C14H24ClN5O/c1-4-7-21-14-18-12(15)17-13(19-14)16-8-11-5-6-20(9-11)10(2)3/h10-11H,4-9H2,1-3H3,(H,16,17,18,19). The van der Waals surface area contributed by atoms with Crippen molar-refractivity contribution >= 4 is 17.5 Å². The highest BCUT2D eigenvalue weighted by Crippen LogP contribution is 2.19. The summed E-state index contributed by atoms with van der Waals surface area (Å²) >= 11 is 5.90. The number of hydrogen-bond donors (Lipinski definition) is 1. The Kier molecular flexibility index (Phi) is 5.99. The van der Waals surface area contributed by atoms with Crippen molar-refractivity contribution in [1.82, 2.24) is 19.9 Å². The van der Waals surface area contributed by atoms with Gasteiger partial charge in [0.25, 0.3) is 0 Å². The quantitative estimate of drug-likeness (QED) is 0.834. The van der Waals surface area contributed by atoms with Crippen molar-refractivity contribution in [1.29, 1.82) is 0 Å². The molecule has 0 bridgehead atoms. The van der Waals surface area contributed by atoms with Crippen molar-refractivity contribution in [2.45, 2.75) is 39.7 Å². The molecule has 7 heteroatoms. The van der Waals surface area contributed by atoms with Crippen molar-refractivity contribution in [2.75, 3.05) is 31.6 Å². The minimum absolute atomic E-state index is 0.161. The van der Waals surface area contributed by atoms with E-state index in [4.69, 9.17) is 16.3 Å². The summed E-state index contributed by atoms with van der Waals surface area (Å²) in [5.41, 5.74) is 0. The number of likely N-dealkylation sites (tertiary alicyclic amines) is 1. The van der Waals surface area contributed by atoms with Crippen molar-refractivity contribution in [3.05, 3.63) is 5.28 Å². The van der Waals surface area contributed by atoms with E-state index in [2.05, 4.69) is 39.0 Å². The van der Waals surface area contributed by atoms with Crippen LogP contribution in [0.15, 0.2) is 0 Å². The molecule has 1 atom stereocenters. The molecule has 1 aliphatic heterocycles. The highest BCUT2D eigenvalue weighted by molar-refractivity contribution is 6.28. The molecule has 0 aliphatic carbocycles. The summed E-state index contributed by atoms with van der Waals surface area (Å²) in [6.45, 7) is 10.2. The summed E-state index contributed by atoms with van der Waals surface area (Å²) in [5, 5.41) is 3.41. The Morgan fingerprint density at radius 1 is 1.38 bits per heavy atom. The van der Waals surface area contributed by atoms with E-state index in [1.54, 1.807) is 0 Å². The molecule has 0 spiro atoms. The molecule has 1 aromatic heterocycles. The van der Waals surface area contributed by atoms with Gasteiger partial charge in [0, 0.05) is 19.1 Å². The Morgan fingerprint density at radius 3 is 2.86 bits per heavy atom. The monoisotopic (exact) mass is 313 g/mol. The summed E-state index contributed by atoms with van der Waals surface area (Å²) in [5.74, 6) is 1.10. The molecule has 2 heterocycles. The molecule has 1 fully saturated rings. The maximum atomic E-state index is 5.90. The van der Waals surface area contributed by atoms with Gasteiger partial charge in [-0.2, -0.15) is 15.0 Å². The largest absolute Gasteiger partial charge is 0.463 e. The number of ether oxygens (including phenoxy) is 1. The normalized spacial score (nSPS) is 19.2. The third-order valence-corrected chi connectivity index (χ3v) is 3.79. The van der Waals surface area contributed by atoms with E-state index in [1.165, 1.54) is 6.42 Å². The maximum Gasteiger partial charge on any atom is 0.322 e. The summed E-state index contributed by atoms with van der Waals surface area (Å²) in [6.07, 6.45) is 2.10. The van der Waals surface area contributed by atoms with E-state index in [9.17, 15) is 0 Å². The molecule has 1 unspecified atom stereocenters. The lowest BCUT2D eigenvalue weighted by molar-refractivity contribution is 0.266. The van der Waals surface area contributed by atoms with Gasteiger partial charge in [0.2, 0.25) is 11.2 Å². The molecule has 0 radical (unpaired) electrons. The highest BCUT2D eigenvalue weighted by Gasteiger charge is 2.24. The molecule has 6 nitrogen and oxygen atoms in total. The number of aromatic nitrogens is 3. The molecule has 0 aromatic carbocycles. The first-order chi connectivity index (χ1) is 10.1. The van der Waals surface area contributed by atoms with Gasteiger partial charge in [0.05, 0.1) is 6.61 Å². The van der Waals surface area contributed by atoms with Crippen LogP contribution in [0.4, 0.5) is 5.95 Å². The van der Waals surface area contributed by atoms with E-state index in [0.29, 0.717) is 24.5 Å². The number of nitrogens with one attached hydrogen (secondary N) is 1. The molecule has 2 rings (SSSR count). The smallest absolute Gasteiger partial charge is 0.322 e. The Hall–Kier alpha value is -1.14. The van der Waals surface area contributed by atoms with Gasteiger partial charge in [-0.1, -0.05) is 6.92 Å². The van der Waals surface area contributed by atoms with Gasteiger partial charge in [0.15, 0.2) is 0 Å². The van der Waals surface area contributed by atoms with Crippen LogP contribution in [0.25, 0.3) is 0 Å². The molecule has 1 aliphatic rings. The fourth-order valence-electron chi connectivity index (χ4n) is 2.40. The van der Waals surface area contributed by atoms with Gasteiger partial charge < -0.3 is 15.0 Å². The van der Waals surface area contributed by atoms with Crippen molar-refractivity contribution in [3.8, 4) is 6.01 Å². The van der Waals surface area contributed by atoms with E-state index in [1.807, 2.05) is 6.92 Å². The van der Waals surface area contributed by atoms with Crippen LogP contribution in [0.3, 0.4) is 0 Å². The molecule has 0 saturated carbocycles. The van der Waals surface area contributed by atoms with E-state index in [0.717, 1.165) is 26.1 Å². The fourth-order valence-corrected chi connectivity index (χ4v) is 2.56. The van der Waals surface area contributed by atoms with Crippen LogP contribution in [0.1, 0.15) is 33.6 Å².